The van der Waals surface area contributed by atoms with Gasteiger partial charge in [0.2, 0.25) is 0 Å². The monoisotopic (exact) mass is 263 g/mol. The van der Waals surface area contributed by atoms with Crippen LogP contribution in [0.15, 0.2) is 18.2 Å². The second-order valence-corrected chi connectivity index (χ2v) is 5.44. The molecular formula is C14H21N3O2. The second kappa shape index (κ2) is 5.09. The standard InChI is InChI=1S/C14H21N3O2/c1-17(9-14(19)6-2-3-7-14)13(18)11-5-4-10(15)8-12(11)16/h4-5,8,19H,2-3,6-7,9,15-16H2,1H3. The number of carbonyl (C=O) groups excluding carboxylic acids is 1. The normalized spacial score (nSPS) is 17.4. The van der Waals surface area contributed by atoms with Crippen molar-refractivity contribution in [3.63, 3.8) is 0 Å². The molecule has 0 radical (unpaired) electrons. The molecule has 0 saturated heterocycles. The van der Waals surface area contributed by atoms with E-state index in [-0.39, 0.29) is 5.91 Å². The van der Waals surface area contributed by atoms with Gasteiger partial charge in [0.15, 0.2) is 0 Å². The Morgan fingerprint density at radius 3 is 2.58 bits per heavy atom. The second-order valence-electron chi connectivity index (χ2n) is 5.44. The van der Waals surface area contributed by atoms with Gasteiger partial charge in [-0.2, -0.15) is 0 Å². The van der Waals surface area contributed by atoms with Crippen LogP contribution in [0.2, 0.25) is 0 Å². The molecule has 0 bridgehead atoms. The van der Waals surface area contributed by atoms with Gasteiger partial charge in [0.25, 0.3) is 5.91 Å². The highest BCUT2D eigenvalue weighted by Crippen LogP contribution is 2.30. The third-order valence-corrected chi connectivity index (χ3v) is 3.72. The highest BCUT2D eigenvalue weighted by atomic mass is 16.3. The number of aliphatic hydroxyl groups is 1. The Kier molecular flexibility index (Phi) is 3.66. The zero-order valence-electron chi connectivity index (χ0n) is 11.2. The summed E-state index contributed by atoms with van der Waals surface area (Å²) in [6, 6.07) is 4.86. The van der Waals surface area contributed by atoms with Crippen molar-refractivity contribution >= 4 is 17.3 Å². The largest absolute Gasteiger partial charge is 0.399 e. The van der Waals surface area contributed by atoms with Gasteiger partial charge in [0, 0.05) is 25.0 Å². The lowest BCUT2D eigenvalue weighted by Crippen LogP contribution is -2.42. The van der Waals surface area contributed by atoms with Crippen molar-refractivity contribution in [2.75, 3.05) is 25.1 Å². The number of anilines is 2. The number of benzene rings is 1. The van der Waals surface area contributed by atoms with E-state index in [1.165, 1.54) is 4.90 Å². The first-order valence-electron chi connectivity index (χ1n) is 6.54. The summed E-state index contributed by atoms with van der Waals surface area (Å²) in [6.07, 6.45) is 3.54. The Morgan fingerprint density at radius 2 is 2.00 bits per heavy atom. The average Bonchev–Trinajstić information content (AvgIpc) is 2.75. The maximum absolute atomic E-state index is 12.3. The van der Waals surface area contributed by atoms with Crippen LogP contribution in [0.4, 0.5) is 11.4 Å². The third-order valence-electron chi connectivity index (χ3n) is 3.72. The summed E-state index contributed by atoms with van der Waals surface area (Å²) >= 11 is 0. The zero-order valence-corrected chi connectivity index (χ0v) is 11.2. The van der Waals surface area contributed by atoms with Gasteiger partial charge >= 0.3 is 0 Å². The number of amides is 1. The van der Waals surface area contributed by atoms with E-state index < -0.39 is 5.60 Å². The Balaban J connectivity index is 2.10. The molecule has 0 aliphatic heterocycles. The minimum Gasteiger partial charge on any atom is -0.399 e. The van der Waals surface area contributed by atoms with Crippen LogP contribution >= 0.6 is 0 Å². The van der Waals surface area contributed by atoms with E-state index in [0.717, 1.165) is 25.7 Å². The molecule has 1 amide bonds. The molecule has 1 aliphatic carbocycles. The van der Waals surface area contributed by atoms with Crippen molar-refractivity contribution in [2.24, 2.45) is 0 Å². The maximum atomic E-state index is 12.3. The van der Waals surface area contributed by atoms with Gasteiger partial charge < -0.3 is 21.5 Å². The molecule has 1 aromatic rings. The molecular weight excluding hydrogens is 242 g/mol. The lowest BCUT2D eigenvalue weighted by molar-refractivity contribution is 0.0157. The SMILES string of the molecule is CN(CC1(O)CCCC1)C(=O)c1ccc(N)cc1N. The van der Waals surface area contributed by atoms with Crippen LogP contribution in [0.1, 0.15) is 36.0 Å². The van der Waals surface area contributed by atoms with Gasteiger partial charge in [0.1, 0.15) is 0 Å². The van der Waals surface area contributed by atoms with Gasteiger partial charge in [-0.05, 0) is 31.0 Å². The maximum Gasteiger partial charge on any atom is 0.255 e. The molecule has 2 rings (SSSR count). The molecule has 1 fully saturated rings. The molecule has 1 aromatic carbocycles. The molecule has 5 N–H and O–H groups in total. The van der Waals surface area contributed by atoms with E-state index in [4.69, 9.17) is 11.5 Å². The van der Waals surface area contributed by atoms with E-state index in [0.29, 0.717) is 23.5 Å². The van der Waals surface area contributed by atoms with Gasteiger partial charge in [0.05, 0.1) is 11.2 Å². The number of nitrogens with zero attached hydrogens (tertiary/aromatic N) is 1. The summed E-state index contributed by atoms with van der Waals surface area (Å²) < 4.78 is 0. The minimum atomic E-state index is -0.743. The number of rotatable bonds is 3. The van der Waals surface area contributed by atoms with Crippen LogP contribution < -0.4 is 11.5 Å². The Hall–Kier alpha value is -1.75. The van der Waals surface area contributed by atoms with Crippen LogP contribution in [0.5, 0.6) is 0 Å². The Bertz CT molecular complexity index is 482. The van der Waals surface area contributed by atoms with Crippen molar-refractivity contribution in [2.45, 2.75) is 31.3 Å². The molecule has 0 heterocycles. The molecule has 1 aliphatic rings. The van der Waals surface area contributed by atoms with Gasteiger partial charge in [-0.15, -0.1) is 0 Å². The summed E-state index contributed by atoms with van der Waals surface area (Å²) in [4.78, 5) is 13.8. The number of likely N-dealkylation sites (N-methyl/N-ethyl adjacent to an activating group) is 1. The van der Waals surface area contributed by atoms with Gasteiger partial charge in [-0.1, -0.05) is 12.8 Å². The van der Waals surface area contributed by atoms with Crippen molar-refractivity contribution in [3.8, 4) is 0 Å². The summed E-state index contributed by atoms with van der Waals surface area (Å²) in [5, 5.41) is 10.3. The summed E-state index contributed by atoms with van der Waals surface area (Å²) in [5.74, 6) is -0.183. The molecule has 1 saturated carbocycles. The average molecular weight is 263 g/mol. The molecule has 0 atom stereocenters. The van der Waals surface area contributed by atoms with E-state index in [2.05, 4.69) is 0 Å². The zero-order chi connectivity index (χ0) is 14.0. The fourth-order valence-corrected chi connectivity index (χ4v) is 2.69. The Labute approximate surface area is 113 Å². The topological polar surface area (TPSA) is 92.6 Å². The highest BCUT2D eigenvalue weighted by molar-refractivity contribution is 5.99. The van der Waals surface area contributed by atoms with Crippen LogP contribution in [-0.2, 0) is 0 Å². The lowest BCUT2D eigenvalue weighted by Gasteiger charge is -2.29. The third kappa shape index (κ3) is 2.98. The van der Waals surface area contributed by atoms with E-state index in [9.17, 15) is 9.90 Å². The molecule has 5 nitrogen and oxygen atoms in total. The van der Waals surface area contributed by atoms with E-state index in [1.54, 1.807) is 25.2 Å². The molecule has 0 aromatic heterocycles. The Morgan fingerprint density at radius 1 is 1.37 bits per heavy atom. The molecule has 0 spiro atoms. The summed E-state index contributed by atoms with van der Waals surface area (Å²) in [6.45, 7) is 0.343. The summed E-state index contributed by atoms with van der Waals surface area (Å²) in [7, 11) is 1.69. The predicted octanol–water partition coefficient (Wildman–Crippen LogP) is 1.23. The van der Waals surface area contributed by atoms with Gasteiger partial charge in [-0.3, -0.25) is 4.79 Å². The van der Waals surface area contributed by atoms with Crippen molar-refractivity contribution in [3.05, 3.63) is 23.8 Å². The number of hydrogen-bond acceptors (Lipinski definition) is 4. The summed E-state index contributed by atoms with van der Waals surface area (Å²) in [5.41, 5.74) is 12.0. The van der Waals surface area contributed by atoms with Crippen LogP contribution in [0.25, 0.3) is 0 Å². The molecule has 104 valence electrons. The molecule has 19 heavy (non-hydrogen) atoms. The first-order valence-corrected chi connectivity index (χ1v) is 6.54. The fourth-order valence-electron chi connectivity index (χ4n) is 2.69. The van der Waals surface area contributed by atoms with Crippen LogP contribution in [0.3, 0.4) is 0 Å². The van der Waals surface area contributed by atoms with Crippen LogP contribution in [-0.4, -0.2) is 35.1 Å². The quantitative estimate of drug-likeness (QED) is 0.715. The smallest absolute Gasteiger partial charge is 0.255 e. The predicted molar refractivity (Wildman–Crippen MR) is 75.6 cm³/mol. The first-order chi connectivity index (χ1) is 8.91. The molecule has 0 unspecified atom stereocenters. The fraction of sp³-hybridized carbons (Fsp3) is 0.500. The van der Waals surface area contributed by atoms with Crippen molar-refractivity contribution in [1.82, 2.24) is 4.90 Å². The van der Waals surface area contributed by atoms with Gasteiger partial charge in [-0.25, -0.2) is 0 Å². The van der Waals surface area contributed by atoms with E-state index >= 15 is 0 Å². The van der Waals surface area contributed by atoms with Crippen LogP contribution in [0, 0.1) is 0 Å². The minimum absolute atomic E-state index is 0.183. The van der Waals surface area contributed by atoms with Crippen molar-refractivity contribution < 1.29 is 9.90 Å². The van der Waals surface area contributed by atoms with Crippen molar-refractivity contribution in [1.29, 1.82) is 0 Å². The lowest BCUT2D eigenvalue weighted by atomic mass is 10.0. The number of carbonyl (C=O) groups is 1. The highest BCUT2D eigenvalue weighted by Gasteiger charge is 2.33. The first kappa shape index (κ1) is 13.7. The molecule has 5 heteroatoms. The number of hydrogen-bond donors (Lipinski definition) is 3. The number of nitrogen functional groups attached to an aromatic ring is 2. The van der Waals surface area contributed by atoms with E-state index in [1.807, 2.05) is 0 Å². The number of nitrogens with two attached hydrogens (primary N) is 2.